The van der Waals surface area contributed by atoms with Crippen LogP contribution in [0.2, 0.25) is 0 Å². The van der Waals surface area contributed by atoms with E-state index in [2.05, 4.69) is 30.4 Å². The van der Waals surface area contributed by atoms with Crippen LogP contribution in [0.4, 0.5) is 0 Å². The minimum absolute atomic E-state index is 0.148. The number of carbonyl (C=O) groups is 2. The lowest BCUT2D eigenvalue weighted by Crippen LogP contribution is -2.03. The molecule has 4 nitrogen and oxygen atoms in total. The first-order valence-corrected chi connectivity index (χ1v) is 13.1. The Morgan fingerprint density at radius 3 is 1.95 bits per heavy atom. The highest BCUT2D eigenvalue weighted by molar-refractivity contribution is 7.19. The Morgan fingerprint density at radius 2 is 1.29 bits per heavy atom. The van der Waals surface area contributed by atoms with Gasteiger partial charge in [-0.2, -0.15) is 0 Å². The van der Waals surface area contributed by atoms with Gasteiger partial charge in [-0.3, -0.25) is 14.2 Å². The first-order chi connectivity index (χ1) is 18.7. The van der Waals surface area contributed by atoms with E-state index >= 15 is 0 Å². The molecule has 2 aromatic heterocycles. The van der Waals surface area contributed by atoms with Gasteiger partial charge in [0.15, 0.2) is 11.6 Å². The van der Waals surface area contributed by atoms with Crippen molar-refractivity contribution in [2.45, 2.75) is 0 Å². The molecule has 4 aromatic carbocycles. The maximum absolute atomic E-state index is 13.4. The molecule has 0 radical (unpaired) electrons. The van der Waals surface area contributed by atoms with Gasteiger partial charge in [-0.1, -0.05) is 78.9 Å². The van der Waals surface area contributed by atoms with Gasteiger partial charge in [0.25, 0.3) is 0 Å². The van der Waals surface area contributed by atoms with Crippen LogP contribution in [0.15, 0.2) is 109 Å². The number of Topliss-reactive ketones (excluding diaryl/α,β-unsaturated/α-hetero) is 2. The molecule has 0 fully saturated rings. The number of allylic oxidation sites excluding steroid dienone is 1. The molecule has 0 saturated heterocycles. The summed E-state index contributed by atoms with van der Waals surface area (Å²) in [5.41, 5.74) is 4.02. The van der Waals surface area contributed by atoms with Gasteiger partial charge in [0.05, 0.1) is 11.1 Å². The fraction of sp³-hybridized carbons (Fsp3) is 0. The summed E-state index contributed by atoms with van der Waals surface area (Å²) in [7, 11) is 0. The Bertz CT molecular complexity index is 1890. The second-order valence-corrected chi connectivity index (χ2v) is 10.2. The summed E-state index contributed by atoms with van der Waals surface area (Å²) in [4.78, 5) is 33.6. The van der Waals surface area contributed by atoms with Crippen molar-refractivity contribution in [3.8, 4) is 5.69 Å². The second-order valence-electron chi connectivity index (χ2n) is 9.19. The molecular formula is C33H20N2O2S. The van der Waals surface area contributed by atoms with E-state index < -0.39 is 0 Å². The first-order valence-electron chi connectivity index (χ1n) is 12.3. The topological polar surface area (TPSA) is 52.0 Å². The van der Waals surface area contributed by atoms with Crippen LogP contribution in [0.5, 0.6) is 0 Å². The number of para-hydroxylation sites is 1. The van der Waals surface area contributed by atoms with Gasteiger partial charge in [0, 0.05) is 21.7 Å². The molecule has 6 aromatic rings. The molecule has 5 heteroatoms. The molecule has 0 aliphatic heterocycles. The molecule has 0 atom stereocenters. The number of fused-ring (bicyclic) bond motifs is 3. The van der Waals surface area contributed by atoms with E-state index in [9.17, 15) is 9.59 Å². The summed E-state index contributed by atoms with van der Waals surface area (Å²) in [5.74, 6) is 0.0477. The third-order valence-electron chi connectivity index (χ3n) is 6.79. The minimum atomic E-state index is -0.256. The van der Waals surface area contributed by atoms with E-state index in [0.29, 0.717) is 17.0 Å². The number of ketones is 2. The lowest BCUT2D eigenvalue weighted by molar-refractivity contribution is 0.0990. The highest BCUT2D eigenvalue weighted by Gasteiger charge is 2.34. The lowest BCUT2D eigenvalue weighted by atomic mass is 10.0. The SMILES string of the molecule is O=C1C(=Cc2nc3sc(/C=C/c4ccccc4)cc3n2-c2ccccc2)C(=O)c2cc3ccccc3cc21. The number of carbonyl (C=O) groups excluding carboxylic acids is 2. The van der Waals surface area contributed by atoms with Crippen molar-refractivity contribution in [1.29, 1.82) is 0 Å². The number of benzene rings is 4. The van der Waals surface area contributed by atoms with Gasteiger partial charge in [-0.05, 0) is 58.8 Å². The van der Waals surface area contributed by atoms with E-state index in [4.69, 9.17) is 4.98 Å². The normalized spacial score (nSPS) is 13.2. The van der Waals surface area contributed by atoms with Gasteiger partial charge in [0.1, 0.15) is 10.7 Å². The molecule has 7 rings (SSSR count). The number of hydrogen-bond donors (Lipinski definition) is 0. The molecule has 0 amide bonds. The fourth-order valence-corrected chi connectivity index (χ4v) is 5.87. The Balaban J connectivity index is 1.34. The van der Waals surface area contributed by atoms with Gasteiger partial charge in [-0.15, -0.1) is 11.3 Å². The number of nitrogens with zero attached hydrogens (tertiary/aromatic N) is 2. The quantitative estimate of drug-likeness (QED) is 0.180. The van der Waals surface area contributed by atoms with Crippen molar-refractivity contribution in [2.75, 3.05) is 0 Å². The molecule has 0 N–H and O–H groups in total. The van der Waals surface area contributed by atoms with Crippen LogP contribution in [-0.4, -0.2) is 21.1 Å². The predicted molar refractivity (Wildman–Crippen MR) is 155 cm³/mol. The number of aromatic nitrogens is 2. The zero-order valence-corrected chi connectivity index (χ0v) is 21.0. The van der Waals surface area contributed by atoms with Crippen molar-refractivity contribution in [3.05, 3.63) is 136 Å². The van der Waals surface area contributed by atoms with E-state index in [1.807, 2.05) is 89.5 Å². The van der Waals surface area contributed by atoms with Crippen LogP contribution in [0.1, 0.15) is 37.0 Å². The average Bonchev–Trinajstić information content (AvgIpc) is 3.57. The number of imidazole rings is 1. The monoisotopic (exact) mass is 508 g/mol. The molecule has 38 heavy (non-hydrogen) atoms. The molecule has 1 aliphatic carbocycles. The summed E-state index contributed by atoms with van der Waals surface area (Å²) in [6.07, 6.45) is 5.81. The van der Waals surface area contributed by atoms with Gasteiger partial charge in [-0.25, -0.2) is 4.98 Å². The summed E-state index contributed by atoms with van der Waals surface area (Å²) in [6, 6.07) is 33.6. The number of rotatable bonds is 4. The summed E-state index contributed by atoms with van der Waals surface area (Å²) >= 11 is 1.58. The third-order valence-corrected chi connectivity index (χ3v) is 7.77. The van der Waals surface area contributed by atoms with Crippen LogP contribution in [0.25, 0.3) is 45.0 Å². The lowest BCUT2D eigenvalue weighted by Gasteiger charge is -2.06. The average molecular weight is 509 g/mol. The molecule has 0 unspecified atom stereocenters. The van der Waals surface area contributed by atoms with Crippen molar-refractivity contribution >= 4 is 62.3 Å². The number of thiophene rings is 1. The standard InChI is InChI=1S/C33H20N2O2S/c36-31-26-17-22-11-7-8-12-23(22)18-27(26)32(37)28(31)20-30-34-33-29(35(30)24-13-5-2-6-14-24)19-25(38-33)16-15-21-9-3-1-4-10-21/h1-20H/b16-15+. The highest BCUT2D eigenvalue weighted by atomic mass is 32.1. The molecule has 0 saturated carbocycles. The Kier molecular flexibility index (Phi) is 5.23. The van der Waals surface area contributed by atoms with E-state index in [1.165, 1.54) is 0 Å². The third kappa shape index (κ3) is 3.72. The smallest absolute Gasteiger partial charge is 0.197 e. The Morgan fingerprint density at radius 1 is 0.684 bits per heavy atom. The molecule has 180 valence electrons. The van der Waals surface area contributed by atoms with E-state index in [-0.39, 0.29) is 17.1 Å². The minimum Gasteiger partial charge on any atom is -0.292 e. The molecule has 0 bridgehead atoms. The summed E-state index contributed by atoms with van der Waals surface area (Å²) < 4.78 is 2.01. The number of hydrogen-bond acceptors (Lipinski definition) is 4. The van der Waals surface area contributed by atoms with Crippen molar-refractivity contribution in [2.24, 2.45) is 0 Å². The highest BCUT2D eigenvalue weighted by Crippen LogP contribution is 2.34. The predicted octanol–water partition coefficient (Wildman–Crippen LogP) is 7.87. The zero-order valence-electron chi connectivity index (χ0n) is 20.2. The van der Waals surface area contributed by atoms with Crippen LogP contribution < -0.4 is 0 Å². The van der Waals surface area contributed by atoms with Gasteiger partial charge < -0.3 is 0 Å². The van der Waals surface area contributed by atoms with Crippen molar-refractivity contribution in [1.82, 2.24) is 9.55 Å². The largest absolute Gasteiger partial charge is 0.292 e. The van der Waals surface area contributed by atoms with Crippen molar-refractivity contribution < 1.29 is 9.59 Å². The Labute approximate surface area is 222 Å². The summed E-state index contributed by atoms with van der Waals surface area (Å²) in [6.45, 7) is 0. The van der Waals surface area contributed by atoms with E-state index in [1.54, 1.807) is 17.4 Å². The van der Waals surface area contributed by atoms with Crippen LogP contribution >= 0.6 is 11.3 Å². The molecule has 2 heterocycles. The molecule has 1 aliphatic rings. The van der Waals surface area contributed by atoms with Crippen LogP contribution in [0, 0.1) is 0 Å². The molecular weight excluding hydrogens is 488 g/mol. The maximum Gasteiger partial charge on any atom is 0.197 e. The Hall–Kier alpha value is -4.87. The second kappa shape index (κ2) is 8.91. The zero-order chi connectivity index (χ0) is 25.6. The van der Waals surface area contributed by atoms with Crippen LogP contribution in [-0.2, 0) is 0 Å². The molecule has 0 spiro atoms. The van der Waals surface area contributed by atoms with Gasteiger partial charge in [0.2, 0.25) is 0 Å². The van der Waals surface area contributed by atoms with Gasteiger partial charge >= 0.3 is 0 Å². The van der Waals surface area contributed by atoms with E-state index in [0.717, 1.165) is 37.2 Å². The fourth-order valence-electron chi connectivity index (χ4n) is 4.95. The van der Waals surface area contributed by atoms with Crippen molar-refractivity contribution in [3.63, 3.8) is 0 Å². The first kappa shape index (κ1) is 22.3. The maximum atomic E-state index is 13.4. The summed E-state index contributed by atoms with van der Waals surface area (Å²) in [5, 5.41) is 1.88. The van der Waals surface area contributed by atoms with Crippen LogP contribution in [0.3, 0.4) is 0 Å².